The van der Waals surface area contributed by atoms with Crippen molar-refractivity contribution in [3.8, 4) is 5.75 Å². The number of rotatable bonds is 6. The van der Waals surface area contributed by atoms with Gasteiger partial charge in [0.15, 0.2) is 0 Å². The molecule has 0 saturated carbocycles. The number of anilines is 1. The zero-order chi connectivity index (χ0) is 20.1. The normalized spacial score (nSPS) is 15.2. The molecule has 1 aliphatic heterocycles. The smallest absolute Gasteiger partial charge is 0.251 e. The van der Waals surface area contributed by atoms with E-state index in [0.29, 0.717) is 24.5 Å². The van der Waals surface area contributed by atoms with Crippen LogP contribution in [0.2, 0.25) is 0 Å². The Kier molecular flexibility index (Phi) is 6.15. The number of hydrogen-bond donors (Lipinski definition) is 1. The first kappa shape index (κ1) is 20.1. The van der Waals surface area contributed by atoms with Gasteiger partial charge in [-0.1, -0.05) is 12.5 Å². The summed E-state index contributed by atoms with van der Waals surface area (Å²) in [6.07, 6.45) is 3.89. The lowest BCUT2D eigenvalue weighted by molar-refractivity contribution is -0.116. The third kappa shape index (κ3) is 4.60. The van der Waals surface area contributed by atoms with E-state index >= 15 is 0 Å². The Morgan fingerprint density at radius 3 is 2.61 bits per heavy atom. The number of sulfonamides is 1. The van der Waals surface area contributed by atoms with Crippen molar-refractivity contribution in [3.63, 3.8) is 0 Å². The summed E-state index contributed by atoms with van der Waals surface area (Å²) in [5.74, 6) is 0.146. The Morgan fingerprint density at radius 1 is 1.14 bits per heavy atom. The lowest BCUT2D eigenvalue weighted by Crippen LogP contribution is -2.36. The standard InChI is InChI=1S/C19H23N3O5S/c1-27-16-7-5-6-15(12-16)20-18(23)14-21-13-17(8-9-19(21)24)28(25,26)22-10-3-2-4-11-22/h5-9,12-13H,2-4,10-11,14H2,1H3,(H,20,23). The zero-order valence-corrected chi connectivity index (χ0v) is 16.4. The Hall–Kier alpha value is -2.65. The number of ether oxygens (including phenoxy) is 1. The Balaban J connectivity index is 1.77. The van der Waals surface area contributed by atoms with E-state index in [2.05, 4.69) is 5.32 Å². The van der Waals surface area contributed by atoms with E-state index in [-0.39, 0.29) is 11.4 Å². The van der Waals surface area contributed by atoms with Gasteiger partial charge >= 0.3 is 0 Å². The van der Waals surface area contributed by atoms with Crippen LogP contribution in [0.1, 0.15) is 19.3 Å². The van der Waals surface area contributed by atoms with Gasteiger partial charge in [0.25, 0.3) is 5.56 Å². The molecule has 8 nitrogen and oxygen atoms in total. The molecule has 0 aliphatic carbocycles. The van der Waals surface area contributed by atoms with E-state index in [0.717, 1.165) is 23.8 Å². The van der Waals surface area contributed by atoms with Crippen LogP contribution in [0.25, 0.3) is 0 Å². The number of piperidine rings is 1. The number of nitrogens with one attached hydrogen (secondary N) is 1. The monoisotopic (exact) mass is 405 g/mol. The maximum Gasteiger partial charge on any atom is 0.251 e. The van der Waals surface area contributed by atoms with Gasteiger partial charge in [0.2, 0.25) is 15.9 Å². The maximum absolute atomic E-state index is 12.8. The molecule has 3 rings (SSSR count). The summed E-state index contributed by atoms with van der Waals surface area (Å²) in [4.78, 5) is 24.5. The van der Waals surface area contributed by atoms with Crippen LogP contribution in [0.5, 0.6) is 5.75 Å². The van der Waals surface area contributed by atoms with E-state index in [1.807, 2.05) is 0 Å². The van der Waals surface area contributed by atoms with Crippen molar-refractivity contribution in [1.29, 1.82) is 0 Å². The van der Waals surface area contributed by atoms with Gasteiger partial charge in [0.1, 0.15) is 12.3 Å². The van der Waals surface area contributed by atoms with Crippen molar-refractivity contribution >= 4 is 21.6 Å². The molecule has 2 heterocycles. The second kappa shape index (κ2) is 8.57. The van der Waals surface area contributed by atoms with Crippen LogP contribution in [0.4, 0.5) is 5.69 Å². The van der Waals surface area contributed by atoms with E-state index in [1.54, 1.807) is 24.3 Å². The van der Waals surface area contributed by atoms with Crippen molar-refractivity contribution in [2.24, 2.45) is 0 Å². The molecule has 0 atom stereocenters. The van der Waals surface area contributed by atoms with Crippen molar-refractivity contribution in [3.05, 3.63) is 52.9 Å². The summed E-state index contributed by atoms with van der Waals surface area (Å²) >= 11 is 0. The average molecular weight is 405 g/mol. The van der Waals surface area contributed by atoms with E-state index in [9.17, 15) is 18.0 Å². The SMILES string of the molecule is COc1cccc(NC(=O)Cn2cc(S(=O)(=O)N3CCCCC3)ccc2=O)c1. The molecule has 1 aromatic carbocycles. The second-order valence-electron chi connectivity index (χ2n) is 6.58. The Labute approximate surface area is 163 Å². The summed E-state index contributed by atoms with van der Waals surface area (Å²) in [7, 11) is -2.16. The molecule has 1 fully saturated rings. The largest absolute Gasteiger partial charge is 0.497 e. The number of amides is 1. The van der Waals surface area contributed by atoms with Gasteiger partial charge in [-0.25, -0.2) is 8.42 Å². The molecular weight excluding hydrogens is 382 g/mol. The molecule has 1 saturated heterocycles. The highest BCUT2D eigenvalue weighted by Crippen LogP contribution is 2.20. The molecule has 150 valence electrons. The predicted molar refractivity (Wildman–Crippen MR) is 105 cm³/mol. The number of carbonyl (C=O) groups excluding carboxylic acids is 1. The molecule has 0 radical (unpaired) electrons. The zero-order valence-electron chi connectivity index (χ0n) is 15.6. The third-order valence-electron chi connectivity index (χ3n) is 4.58. The molecule has 2 aromatic rings. The first-order valence-electron chi connectivity index (χ1n) is 9.05. The minimum atomic E-state index is -3.68. The van der Waals surface area contributed by atoms with Crippen LogP contribution in [0.3, 0.4) is 0 Å². The second-order valence-corrected chi connectivity index (χ2v) is 8.51. The lowest BCUT2D eigenvalue weighted by Gasteiger charge is -2.26. The number of pyridine rings is 1. The molecule has 0 bridgehead atoms. The van der Waals surface area contributed by atoms with Gasteiger partial charge in [0.05, 0.1) is 12.0 Å². The van der Waals surface area contributed by atoms with Crippen LogP contribution >= 0.6 is 0 Å². The first-order valence-corrected chi connectivity index (χ1v) is 10.5. The van der Waals surface area contributed by atoms with Crippen LogP contribution in [0.15, 0.2) is 52.3 Å². The van der Waals surface area contributed by atoms with E-state index < -0.39 is 21.5 Å². The fourth-order valence-electron chi connectivity index (χ4n) is 3.10. The fourth-order valence-corrected chi connectivity index (χ4v) is 4.63. The number of carbonyl (C=O) groups is 1. The van der Waals surface area contributed by atoms with Crippen molar-refractivity contribution in [2.75, 3.05) is 25.5 Å². The van der Waals surface area contributed by atoms with Gasteiger partial charge in [-0.3, -0.25) is 9.59 Å². The molecule has 1 aliphatic rings. The quantitative estimate of drug-likeness (QED) is 0.788. The van der Waals surface area contributed by atoms with Crippen LogP contribution in [0, 0.1) is 0 Å². The summed E-state index contributed by atoms with van der Waals surface area (Å²) in [5, 5.41) is 2.68. The highest BCUT2D eigenvalue weighted by Gasteiger charge is 2.26. The molecule has 1 aromatic heterocycles. The topological polar surface area (TPSA) is 97.7 Å². The summed E-state index contributed by atoms with van der Waals surface area (Å²) in [5.41, 5.74) is 0.0767. The summed E-state index contributed by atoms with van der Waals surface area (Å²) < 4.78 is 33.2. The van der Waals surface area contributed by atoms with Crippen LogP contribution < -0.4 is 15.6 Å². The van der Waals surface area contributed by atoms with Gasteiger partial charge in [0, 0.05) is 37.1 Å². The Morgan fingerprint density at radius 2 is 1.89 bits per heavy atom. The Bertz CT molecular complexity index is 1010. The minimum Gasteiger partial charge on any atom is -0.497 e. The van der Waals surface area contributed by atoms with Crippen molar-refractivity contribution in [2.45, 2.75) is 30.7 Å². The summed E-state index contributed by atoms with van der Waals surface area (Å²) in [6.45, 7) is 0.648. The molecule has 0 unspecified atom stereocenters. The van der Waals surface area contributed by atoms with Gasteiger partial charge in [-0.15, -0.1) is 0 Å². The lowest BCUT2D eigenvalue weighted by atomic mass is 10.2. The maximum atomic E-state index is 12.8. The molecule has 1 N–H and O–H groups in total. The minimum absolute atomic E-state index is 0.0168. The number of benzene rings is 1. The number of hydrogen-bond acceptors (Lipinski definition) is 5. The summed E-state index contributed by atoms with van der Waals surface area (Å²) in [6, 6.07) is 9.29. The van der Waals surface area contributed by atoms with Gasteiger partial charge in [-0.05, 0) is 31.0 Å². The highest BCUT2D eigenvalue weighted by atomic mass is 32.2. The third-order valence-corrected chi connectivity index (χ3v) is 6.46. The van der Waals surface area contributed by atoms with Crippen molar-refractivity contribution < 1.29 is 17.9 Å². The van der Waals surface area contributed by atoms with Gasteiger partial charge in [-0.2, -0.15) is 4.31 Å². The fraction of sp³-hybridized carbons (Fsp3) is 0.368. The average Bonchev–Trinajstić information content (AvgIpc) is 2.70. The van der Waals surface area contributed by atoms with Crippen molar-refractivity contribution in [1.82, 2.24) is 8.87 Å². The molecule has 0 spiro atoms. The molecule has 28 heavy (non-hydrogen) atoms. The highest BCUT2D eigenvalue weighted by molar-refractivity contribution is 7.89. The molecular formula is C19H23N3O5S. The van der Waals surface area contributed by atoms with Crippen LogP contribution in [-0.2, 0) is 21.4 Å². The number of aromatic nitrogens is 1. The van der Waals surface area contributed by atoms with Gasteiger partial charge < -0.3 is 14.6 Å². The predicted octanol–water partition coefficient (Wildman–Crippen LogP) is 1.67. The molecule has 1 amide bonds. The van der Waals surface area contributed by atoms with E-state index in [1.165, 1.54) is 29.7 Å². The van der Waals surface area contributed by atoms with Crippen LogP contribution in [-0.4, -0.2) is 43.4 Å². The molecule has 9 heteroatoms. The number of nitrogens with zero attached hydrogens (tertiary/aromatic N) is 2. The van der Waals surface area contributed by atoms with E-state index in [4.69, 9.17) is 4.74 Å². The first-order chi connectivity index (χ1) is 13.4. The number of methoxy groups -OCH3 is 1.